The summed E-state index contributed by atoms with van der Waals surface area (Å²) in [6.07, 6.45) is 0.783. The zero-order valence-electron chi connectivity index (χ0n) is 13.6. The molecule has 0 aliphatic heterocycles. The minimum absolute atomic E-state index is 0.00264. The van der Waals surface area contributed by atoms with Crippen LogP contribution in [-0.2, 0) is 11.2 Å². The molecular formula is C19H21NO3. The number of carbonyl (C=O) groups is 1. The van der Waals surface area contributed by atoms with E-state index in [2.05, 4.69) is 5.32 Å². The summed E-state index contributed by atoms with van der Waals surface area (Å²) in [6.45, 7) is 3.62. The first-order chi connectivity index (χ1) is 11.1. The number of carbonyl (C=O) groups excluding carboxylic acids is 1. The second-order valence-electron chi connectivity index (χ2n) is 5.17. The quantitative estimate of drug-likeness (QED) is 0.643. The first-order valence-electron chi connectivity index (χ1n) is 7.50. The van der Waals surface area contributed by atoms with Crippen molar-refractivity contribution in [3.8, 4) is 5.75 Å². The van der Waals surface area contributed by atoms with E-state index in [0.717, 1.165) is 12.0 Å². The Morgan fingerprint density at radius 2 is 1.91 bits per heavy atom. The lowest BCUT2D eigenvalue weighted by atomic mass is 10.0. The van der Waals surface area contributed by atoms with E-state index >= 15 is 0 Å². The van der Waals surface area contributed by atoms with Crippen molar-refractivity contribution < 1.29 is 14.6 Å². The Balaban J connectivity index is 2.26. The average Bonchev–Trinajstić information content (AvgIpc) is 2.60. The van der Waals surface area contributed by atoms with E-state index in [1.165, 1.54) is 0 Å². The number of amides is 1. The summed E-state index contributed by atoms with van der Waals surface area (Å²) in [4.78, 5) is 12.4. The number of nitrogens with one attached hydrogen (secondary N) is 1. The monoisotopic (exact) mass is 311 g/mol. The molecule has 2 N–H and O–H groups in total. The Hall–Kier alpha value is -2.75. The van der Waals surface area contributed by atoms with Gasteiger partial charge in [-0.25, -0.2) is 0 Å². The zero-order valence-corrected chi connectivity index (χ0v) is 13.6. The molecule has 0 atom stereocenters. The van der Waals surface area contributed by atoms with Gasteiger partial charge in [0.05, 0.1) is 12.7 Å². The first-order valence-corrected chi connectivity index (χ1v) is 7.50. The van der Waals surface area contributed by atoms with Crippen LogP contribution < -0.4 is 10.1 Å². The van der Waals surface area contributed by atoms with Crippen molar-refractivity contribution in [3.05, 3.63) is 65.2 Å². The van der Waals surface area contributed by atoms with Gasteiger partial charge in [0.1, 0.15) is 11.5 Å². The minimum atomic E-state index is -0.346. The molecule has 0 heterocycles. The molecule has 4 heteroatoms. The lowest BCUT2D eigenvalue weighted by Crippen LogP contribution is -2.14. The highest BCUT2D eigenvalue weighted by molar-refractivity contribution is 6.07. The molecule has 0 aliphatic carbocycles. The molecule has 2 rings (SSSR count). The Morgan fingerprint density at radius 3 is 2.61 bits per heavy atom. The van der Waals surface area contributed by atoms with Crippen molar-refractivity contribution in [1.29, 1.82) is 0 Å². The molecule has 0 radical (unpaired) electrons. The molecule has 0 saturated heterocycles. The van der Waals surface area contributed by atoms with Gasteiger partial charge in [0.25, 0.3) is 5.91 Å². The standard InChI is InChI=1S/C19H21NO3/c1-4-14-8-5-6-11-17(14)18(21)13(2)19(22)20-15-9-7-10-16(12-15)23-3/h5-12,21H,4H2,1-3H3,(H,20,22)/b18-13-. The van der Waals surface area contributed by atoms with Crippen LogP contribution in [-0.4, -0.2) is 18.1 Å². The van der Waals surface area contributed by atoms with Crippen molar-refractivity contribution >= 4 is 17.4 Å². The normalized spacial score (nSPS) is 11.6. The molecule has 0 spiro atoms. The van der Waals surface area contributed by atoms with E-state index in [1.807, 2.05) is 31.2 Å². The fraction of sp³-hybridized carbons (Fsp3) is 0.211. The van der Waals surface area contributed by atoms with Crippen molar-refractivity contribution in [1.82, 2.24) is 0 Å². The van der Waals surface area contributed by atoms with E-state index in [1.54, 1.807) is 38.3 Å². The number of hydrogen-bond donors (Lipinski definition) is 2. The molecule has 0 saturated carbocycles. The Kier molecular flexibility index (Phi) is 5.41. The van der Waals surface area contributed by atoms with Crippen LogP contribution in [0.25, 0.3) is 5.76 Å². The maximum atomic E-state index is 12.4. The average molecular weight is 311 g/mol. The van der Waals surface area contributed by atoms with E-state index in [4.69, 9.17) is 4.74 Å². The second-order valence-corrected chi connectivity index (χ2v) is 5.17. The van der Waals surface area contributed by atoms with Gasteiger partial charge in [0.2, 0.25) is 0 Å². The number of aliphatic hydroxyl groups excluding tert-OH is 1. The molecule has 0 aliphatic rings. The van der Waals surface area contributed by atoms with Gasteiger partial charge in [0, 0.05) is 17.3 Å². The predicted octanol–water partition coefficient (Wildman–Crippen LogP) is 4.19. The van der Waals surface area contributed by atoms with Gasteiger partial charge in [-0.05, 0) is 31.0 Å². The summed E-state index contributed by atoms with van der Waals surface area (Å²) < 4.78 is 5.13. The van der Waals surface area contributed by atoms with Crippen molar-refractivity contribution in [2.24, 2.45) is 0 Å². The molecule has 4 nitrogen and oxygen atoms in total. The SMILES string of the molecule is CCc1ccccc1/C(O)=C(\C)C(=O)Nc1cccc(OC)c1. The topological polar surface area (TPSA) is 58.6 Å². The largest absolute Gasteiger partial charge is 0.507 e. The van der Waals surface area contributed by atoms with Crippen LogP contribution in [0.5, 0.6) is 5.75 Å². The number of benzene rings is 2. The van der Waals surface area contributed by atoms with Gasteiger partial charge in [-0.15, -0.1) is 0 Å². The number of aryl methyl sites for hydroxylation is 1. The summed E-state index contributed by atoms with van der Waals surface area (Å²) in [5, 5.41) is 13.2. The maximum absolute atomic E-state index is 12.4. The number of ether oxygens (including phenoxy) is 1. The van der Waals surface area contributed by atoms with Gasteiger partial charge < -0.3 is 15.2 Å². The summed E-state index contributed by atoms with van der Waals surface area (Å²) in [5.41, 5.74) is 2.57. The Bertz CT molecular complexity index is 735. The molecule has 0 fully saturated rings. The van der Waals surface area contributed by atoms with Gasteiger partial charge in [0.15, 0.2) is 0 Å². The van der Waals surface area contributed by atoms with Crippen molar-refractivity contribution in [2.75, 3.05) is 12.4 Å². The van der Waals surface area contributed by atoms with E-state index < -0.39 is 0 Å². The van der Waals surface area contributed by atoms with E-state index in [-0.39, 0.29) is 17.2 Å². The zero-order chi connectivity index (χ0) is 16.8. The van der Waals surface area contributed by atoms with Crippen LogP contribution in [0.1, 0.15) is 25.0 Å². The fourth-order valence-electron chi connectivity index (χ4n) is 2.29. The highest BCUT2D eigenvalue weighted by Crippen LogP contribution is 2.22. The maximum Gasteiger partial charge on any atom is 0.255 e. The third-order valence-corrected chi connectivity index (χ3v) is 3.68. The van der Waals surface area contributed by atoms with Crippen LogP contribution in [0.2, 0.25) is 0 Å². The molecule has 120 valence electrons. The Morgan fingerprint density at radius 1 is 1.17 bits per heavy atom. The molecule has 2 aromatic rings. The van der Waals surface area contributed by atoms with Crippen LogP contribution in [0.15, 0.2) is 54.1 Å². The molecular weight excluding hydrogens is 290 g/mol. The van der Waals surface area contributed by atoms with E-state index in [0.29, 0.717) is 17.0 Å². The van der Waals surface area contributed by atoms with Gasteiger partial charge in [-0.1, -0.05) is 37.3 Å². The van der Waals surface area contributed by atoms with Crippen LogP contribution in [0.3, 0.4) is 0 Å². The third-order valence-electron chi connectivity index (χ3n) is 3.68. The second kappa shape index (κ2) is 7.49. The summed E-state index contributed by atoms with van der Waals surface area (Å²) in [6, 6.07) is 14.6. The third kappa shape index (κ3) is 3.92. The lowest BCUT2D eigenvalue weighted by molar-refractivity contribution is -0.112. The number of rotatable bonds is 5. The molecule has 0 aromatic heterocycles. The first kappa shape index (κ1) is 16.6. The van der Waals surface area contributed by atoms with Crippen molar-refractivity contribution in [2.45, 2.75) is 20.3 Å². The van der Waals surface area contributed by atoms with Gasteiger partial charge >= 0.3 is 0 Å². The minimum Gasteiger partial charge on any atom is -0.507 e. The number of anilines is 1. The number of hydrogen-bond acceptors (Lipinski definition) is 3. The lowest BCUT2D eigenvalue weighted by Gasteiger charge is -2.11. The number of methoxy groups -OCH3 is 1. The Labute approximate surface area is 136 Å². The van der Waals surface area contributed by atoms with Crippen LogP contribution >= 0.6 is 0 Å². The van der Waals surface area contributed by atoms with Crippen LogP contribution in [0, 0.1) is 0 Å². The fourth-order valence-corrected chi connectivity index (χ4v) is 2.29. The van der Waals surface area contributed by atoms with Gasteiger partial charge in [-0.3, -0.25) is 4.79 Å². The molecule has 0 unspecified atom stereocenters. The molecule has 2 aromatic carbocycles. The smallest absolute Gasteiger partial charge is 0.255 e. The van der Waals surface area contributed by atoms with Crippen LogP contribution in [0.4, 0.5) is 5.69 Å². The van der Waals surface area contributed by atoms with Crippen molar-refractivity contribution in [3.63, 3.8) is 0 Å². The summed E-state index contributed by atoms with van der Waals surface area (Å²) >= 11 is 0. The van der Waals surface area contributed by atoms with Gasteiger partial charge in [-0.2, -0.15) is 0 Å². The predicted molar refractivity (Wildman–Crippen MR) is 92.7 cm³/mol. The molecule has 23 heavy (non-hydrogen) atoms. The summed E-state index contributed by atoms with van der Waals surface area (Å²) in [5.74, 6) is 0.314. The molecule has 0 bridgehead atoms. The molecule has 1 amide bonds. The number of aliphatic hydroxyl groups is 1. The van der Waals surface area contributed by atoms with E-state index in [9.17, 15) is 9.90 Å². The summed E-state index contributed by atoms with van der Waals surface area (Å²) in [7, 11) is 1.57. The highest BCUT2D eigenvalue weighted by atomic mass is 16.5. The highest BCUT2D eigenvalue weighted by Gasteiger charge is 2.14.